The zero-order chi connectivity index (χ0) is 8.48. The van der Waals surface area contributed by atoms with Gasteiger partial charge in [-0.15, -0.1) is 0 Å². The highest BCUT2D eigenvalue weighted by molar-refractivity contribution is 5.94. The average molecular weight is 156 g/mol. The Balaban J connectivity index is 2.65. The number of hydrogen-bond acceptors (Lipinski definition) is 4. The van der Waals surface area contributed by atoms with E-state index in [2.05, 4.69) is 0 Å². The molecule has 0 bridgehead atoms. The van der Waals surface area contributed by atoms with Gasteiger partial charge in [-0.1, -0.05) is 0 Å². The first kappa shape index (κ1) is 8.36. The van der Waals surface area contributed by atoms with E-state index in [1.54, 1.807) is 0 Å². The first-order valence-corrected chi connectivity index (χ1v) is 3.61. The highest BCUT2D eigenvalue weighted by Gasteiger charge is 2.34. The normalized spacial score (nSPS) is 30.0. The number of nitrogens with two attached hydrogens (primary N) is 2. The first-order chi connectivity index (χ1) is 5.05. The Morgan fingerprint density at radius 3 is 2.64 bits per heavy atom. The number of rotatable bonds is 1. The van der Waals surface area contributed by atoms with Crippen molar-refractivity contribution in [2.75, 3.05) is 0 Å². The summed E-state index contributed by atoms with van der Waals surface area (Å²) in [5.41, 5.74) is 10.3. The summed E-state index contributed by atoms with van der Waals surface area (Å²) in [6.45, 7) is 0. The molecule has 1 unspecified atom stereocenters. The van der Waals surface area contributed by atoms with Crippen molar-refractivity contribution in [3.8, 4) is 0 Å². The van der Waals surface area contributed by atoms with Crippen molar-refractivity contribution < 1.29 is 9.59 Å². The lowest BCUT2D eigenvalue weighted by Gasteiger charge is -2.31. The van der Waals surface area contributed by atoms with E-state index in [0.717, 1.165) is 0 Å². The van der Waals surface area contributed by atoms with Crippen molar-refractivity contribution in [3.05, 3.63) is 0 Å². The summed E-state index contributed by atoms with van der Waals surface area (Å²) in [4.78, 5) is 21.3. The third-order valence-corrected chi connectivity index (χ3v) is 2.01. The summed E-state index contributed by atoms with van der Waals surface area (Å²) in [6, 6.07) is 0. The number of carbonyl (C=O) groups excluding carboxylic acids is 2. The highest BCUT2D eigenvalue weighted by Crippen LogP contribution is 2.22. The summed E-state index contributed by atoms with van der Waals surface area (Å²) >= 11 is 0. The highest BCUT2D eigenvalue weighted by atomic mass is 16.1. The van der Waals surface area contributed by atoms with Gasteiger partial charge in [0, 0.05) is 6.42 Å². The van der Waals surface area contributed by atoms with E-state index in [-0.39, 0.29) is 12.2 Å². The molecule has 0 aromatic carbocycles. The van der Waals surface area contributed by atoms with Crippen molar-refractivity contribution in [2.45, 2.75) is 24.9 Å². The SMILES string of the molecule is NC1(N)CCC(=O)C(C=O)C1. The Labute approximate surface area is 64.9 Å². The largest absolute Gasteiger partial charge is 0.313 e. The van der Waals surface area contributed by atoms with Crippen molar-refractivity contribution in [2.24, 2.45) is 17.4 Å². The average Bonchev–Trinajstić information content (AvgIpc) is 1.94. The van der Waals surface area contributed by atoms with E-state index in [1.807, 2.05) is 0 Å². The van der Waals surface area contributed by atoms with Crippen LogP contribution in [0.4, 0.5) is 0 Å². The number of ketones is 1. The minimum atomic E-state index is -0.820. The fourth-order valence-electron chi connectivity index (χ4n) is 1.29. The van der Waals surface area contributed by atoms with E-state index in [0.29, 0.717) is 19.1 Å². The van der Waals surface area contributed by atoms with Crippen LogP contribution in [0, 0.1) is 5.92 Å². The quantitative estimate of drug-likeness (QED) is 0.294. The summed E-state index contributed by atoms with van der Waals surface area (Å²) in [6.07, 6.45) is 1.73. The molecule has 4 N–H and O–H groups in total. The summed E-state index contributed by atoms with van der Waals surface area (Å²) in [5, 5.41) is 0. The molecule has 1 fully saturated rings. The van der Waals surface area contributed by atoms with Crippen LogP contribution >= 0.6 is 0 Å². The van der Waals surface area contributed by atoms with Crippen LogP contribution in [0.3, 0.4) is 0 Å². The summed E-state index contributed by atoms with van der Waals surface area (Å²) in [5.74, 6) is -0.606. The molecule has 4 nitrogen and oxygen atoms in total. The van der Waals surface area contributed by atoms with Crippen LogP contribution in [-0.4, -0.2) is 17.7 Å². The molecule has 1 saturated carbocycles. The van der Waals surface area contributed by atoms with Gasteiger partial charge < -0.3 is 16.3 Å². The van der Waals surface area contributed by atoms with Gasteiger partial charge in [-0.25, -0.2) is 0 Å². The number of aldehydes is 1. The molecule has 1 rings (SSSR count). The van der Waals surface area contributed by atoms with Crippen molar-refractivity contribution in [3.63, 3.8) is 0 Å². The molecule has 1 aliphatic rings. The molecular formula is C7H12N2O2. The maximum Gasteiger partial charge on any atom is 0.143 e. The van der Waals surface area contributed by atoms with Crippen LogP contribution in [0.1, 0.15) is 19.3 Å². The van der Waals surface area contributed by atoms with Gasteiger partial charge >= 0.3 is 0 Å². The Morgan fingerprint density at radius 2 is 2.18 bits per heavy atom. The van der Waals surface area contributed by atoms with Crippen LogP contribution in [0.15, 0.2) is 0 Å². The van der Waals surface area contributed by atoms with Crippen molar-refractivity contribution in [1.82, 2.24) is 0 Å². The minimum Gasteiger partial charge on any atom is -0.313 e. The number of carbonyl (C=O) groups is 2. The Morgan fingerprint density at radius 1 is 1.55 bits per heavy atom. The fourth-order valence-corrected chi connectivity index (χ4v) is 1.29. The number of Topliss-reactive ketones (excluding diaryl/α,β-unsaturated/α-hetero) is 1. The molecule has 1 atom stereocenters. The van der Waals surface area contributed by atoms with E-state index in [9.17, 15) is 9.59 Å². The molecule has 0 aromatic heterocycles. The van der Waals surface area contributed by atoms with Crippen molar-refractivity contribution in [1.29, 1.82) is 0 Å². The Hall–Kier alpha value is -0.740. The monoisotopic (exact) mass is 156 g/mol. The van der Waals surface area contributed by atoms with Gasteiger partial charge in [0.25, 0.3) is 0 Å². The Kier molecular flexibility index (Phi) is 2.06. The third-order valence-electron chi connectivity index (χ3n) is 2.01. The van der Waals surface area contributed by atoms with E-state index in [1.165, 1.54) is 0 Å². The lowest BCUT2D eigenvalue weighted by Crippen LogP contribution is -2.54. The molecule has 0 saturated heterocycles. The van der Waals surface area contributed by atoms with Gasteiger partial charge in [-0.05, 0) is 12.8 Å². The Bertz CT molecular complexity index is 189. The van der Waals surface area contributed by atoms with Gasteiger partial charge in [-0.2, -0.15) is 0 Å². The predicted octanol–water partition coefficient (Wildman–Crippen LogP) is -0.832. The molecule has 11 heavy (non-hydrogen) atoms. The molecule has 0 aliphatic heterocycles. The minimum absolute atomic E-state index is 0.0356. The summed E-state index contributed by atoms with van der Waals surface area (Å²) < 4.78 is 0. The van der Waals surface area contributed by atoms with Gasteiger partial charge in [0.15, 0.2) is 0 Å². The maximum atomic E-state index is 11.0. The standard InChI is InChI=1S/C7H12N2O2/c8-7(9)2-1-6(11)5(3-7)4-10/h4-5H,1-3,8-9H2. The molecule has 0 heterocycles. The van der Waals surface area contributed by atoms with Crippen LogP contribution in [0.25, 0.3) is 0 Å². The maximum absolute atomic E-state index is 11.0. The second-order valence-corrected chi connectivity index (χ2v) is 3.15. The van der Waals surface area contributed by atoms with Crippen LogP contribution in [-0.2, 0) is 9.59 Å². The van der Waals surface area contributed by atoms with Gasteiger partial charge in [-0.3, -0.25) is 4.79 Å². The van der Waals surface area contributed by atoms with Gasteiger partial charge in [0.05, 0.1) is 11.6 Å². The van der Waals surface area contributed by atoms with Crippen LogP contribution < -0.4 is 11.5 Å². The van der Waals surface area contributed by atoms with Gasteiger partial charge in [0.1, 0.15) is 12.1 Å². The second kappa shape index (κ2) is 2.71. The zero-order valence-electron chi connectivity index (χ0n) is 6.25. The van der Waals surface area contributed by atoms with E-state index in [4.69, 9.17) is 11.5 Å². The van der Waals surface area contributed by atoms with E-state index >= 15 is 0 Å². The molecule has 0 radical (unpaired) electrons. The van der Waals surface area contributed by atoms with Crippen molar-refractivity contribution >= 4 is 12.1 Å². The molecule has 62 valence electrons. The molecule has 0 spiro atoms. The third kappa shape index (κ3) is 1.85. The molecule has 0 amide bonds. The first-order valence-electron chi connectivity index (χ1n) is 3.61. The predicted molar refractivity (Wildman–Crippen MR) is 39.5 cm³/mol. The second-order valence-electron chi connectivity index (χ2n) is 3.15. The molecule has 0 aromatic rings. The lowest BCUT2D eigenvalue weighted by molar-refractivity contribution is -0.130. The molecule has 4 heteroatoms. The molecular weight excluding hydrogens is 144 g/mol. The van der Waals surface area contributed by atoms with Crippen LogP contribution in [0.5, 0.6) is 0 Å². The summed E-state index contributed by atoms with van der Waals surface area (Å²) in [7, 11) is 0. The fraction of sp³-hybridized carbons (Fsp3) is 0.714. The number of hydrogen-bond donors (Lipinski definition) is 2. The van der Waals surface area contributed by atoms with Gasteiger partial charge in [0.2, 0.25) is 0 Å². The zero-order valence-corrected chi connectivity index (χ0v) is 6.25. The van der Waals surface area contributed by atoms with Crippen LogP contribution in [0.2, 0.25) is 0 Å². The smallest absolute Gasteiger partial charge is 0.143 e. The van der Waals surface area contributed by atoms with E-state index < -0.39 is 11.6 Å². The topological polar surface area (TPSA) is 86.2 Å². The molecule has 1 aliphatic carbocycles. The lowest BCUT2D eigenvalue weighted by atomic mass is 9.82.